The zero-order valence-corrected chi connectivity index (χ0v) is 11.8. The minimum absolute atomic E-state index is 0.322. The first kappa shape index (κ1) is 13.1. The van der Waals surface area contributed by atoms with Gasteiger partial charge in [-0.1, -0.05) is 55.3 Å². The van der Waals surface area contributed by atoms with Crippen LogP contribution in [0.15, 0.2) is 42.6 Å². The molecule has 2 aromatic rings. The molecule has 0 saturated heterocycles. The van der Waals surface area contributed by atoms with E-state index in [9.17, 15) is 0 Å². The molecule has 1 unspecified atom stereocenters. The van der Waals surface area contributed by atoms with Crippen LogP contribution >= 0.6 is 11.6 Å². The third kappa shape index (κ3) is 2.91. The smallest absolute Gasteiger partial charge is 0.0589 e. The number of aromatic nitrogens is 1. The largest absolute Gasteiger partial charge is 0.259 e. The lowest BCUT2D eigenvalue weighted by molar-refractivity contribution is 0.552. The van der Waals surface area contributed by atoms with Gasteiger partial charge in [-0.15, -0.1) is 0 Å². The van der Waals surface area contributed by atoms with Gasteiger partial charge in [0.05, 0.1) is 5.02 Å². The summed E-state index contributed by atoms with van der Waals surface area (Å²) in [6, 6.07) is 12.6. The van der Waals surface area contributed by atoms with E-state index in [4.69, 9.17) is 11.6 Å². The average Bonchev–Trinajstić information content (AvgIpc) is 2.34. The Balaban J connectivity index is 2.39. The quantitative estimate of drug-likeness (QED) is 0.769. The van der Waals surface area contributed by atoms with Gasteiger partial charge in [0.2, 0.25) is 0 Å². The van der Waals surface area contributed by atoms with E-state index in [0.717, 1.165) is 5.69 Å². The molecule has 0 amide bonds. The van der Waals surface area contributed by atoms with E-state index in [2.05, 4.69) is 50.0 Å². The summed E-state index contributed by atoms with van der Waals surface area (Å²) >= 11 is 5.90. The summed E-state index contributed by atoms with van der Waals surface area (Å²) in [5.41, 5.74) is 3.67. The van der Waals surface area contributed by atoms with Crippen LogP contribution < -0.4 is 0 Å². The molecule has 0 saturated carbocycles. The Morgan fingerprint density at radius 2 is 1.67 bits per heavy atom. The minimum atomic E-state index is 0.322. The van der Waals surface area contributed by atoms with Crippen molar-refractivity contribution >= 4 is 11.6 Å². The Kier molecular flexibility index (Phi) is 4.03. The van der Waals surface area contributed by atoms with E-state index in [0.29, 0.717) is 16.9 Å². The highest BCUT2D eigenvalue weighted by atomic mass is 35.5. The van der Waals surface area contributed by atoms with E-state index in [1.165, 1.54) is 11.1 Å². The number of halogens is 1. The molecular formula is C16H18ClN. The first-order valence-corrected chi connectivity index (χ1v) is 6.63. The van der Waals surface area contributed by atoms with Crippen LogP contribution in [0.5, 0.6) is 0 Å². The Hall–Kier alpha value is -1.34. The number of nitrogens with zero attached hydrogens (tertiary/aromatic N) is 1. The third-order valence-corrected chi connectivity index (χ3v) is 3.40. The van der Waals surface area contributed by atoms with E-state index in [1.807, 2.05) is 12.1 Å². The van der Waals surface area contributed by atoms with Crippen LogP contribution in [0.25, 0.3) is 0 Å². The van der Waals surface area contributed by atoms with Gasteiger partial charge in [-0.3, -0.25) is 4.98 Å². The molecule has 0 spiro atoms. The van der Waals surface area contributed by atoms with Crippen molar-refractivity contribution in [3.63, 3.8) is 0 Å². The Morgan fingerprint density at radius 3 is 2.17 bits per heavy atom. The van der Waals surface area contributed by atoms with Gasteiger partial charge >= 0.3 is 0 Å². The predicted octanol–water partition coefficient (Wildman–Crippen LogP) is 4.83. The van der Waals surface area contributed by atoms with Gasteiger partial charge < -0.3 is 0 Å². The fourth-order valence-corrected chi connectivity index (χ4v) is 2.35. The van der Waals surface area contributed by atoms with Gasteiger partial charge in [0, 0.05) is 17.8 Å². The Labute approximate surface area is 114 Å². The lowest BCUT2D eigenvalue weighted by Crippen LogP contribution is -2.10. The number of hydrogen-bond acceptors (Lipinski definition) is 1. The minimum Gasteiger partial charge on any atom is -0.259 e. The normalized spacial score (nSPS) is 12.7. The van der Waals surface area contributed by atoms with Gasteiger partial charge in [0.15, 0.2) is 0 Å². The van der Waals surface area contributed by atoms with Gasteiger partial charge in [0.25, 0.3) is 0 Å². The topological polar surface area (TPSA) is 12.9 Å². The molecule has 0 radical (unpaired) electrons. The molecule has 0 aliphatic rings. The second-order valence-electron chi connectivity index (χ2n) is 5.03. The number of hydrogen-bond donors (Lipinski definition) is 0. The van der Waals surface area contributed by atoms with Crippen molar-refractivity contribution in [2.24, 2.45) is 5.92 Å². The van der Waals surface area contributed by atoms with Crippen LogP contribution in [0, 0.1) is 12.8 Å². The highest BCUT2D eigenvalue weighted by Crippen LogP contribution is 2.31. The lowest BCUT2D eigenvalue weighted by atomic mass is 9.85. The first-order valence-electron chi connectivity index (χ1n) is 6.26. The van der Waals surface area contributed by atoms with Crippen molar-refractivity contribution in [2.75, 3.05) is 0 Å². The molecule has 18 heavy (non-hydrogen) atoms. The van der Waals surface area contributed by atoms with Crippen LogP contribution in [0.2, 0.25) is 5.02 Å². The average molecular weight is 260 g/mol. The molecule has 1 nitrogen and oxygen atoms in total. The zero-order chi connectivity index (χ0) is 13.1. The maximum Gasteiger partial charge on any atom is 0.0589 e. The number of pyridine rings is 1. The summed E-state index contributed by atoms with van der Waals surface area (Å²) in [5, 5.41) is 0.685. The summed E-state index contributed by atoms with van der Waals surface area (Å²) in [7, 11) is 0. The van der Waals surface area contributed by atoms with Crippen LogP contribution in [0.3, 0.4) is 0 Å². The van der Waals surface area contributed by atoms with Crippen LogP contribution in [-0.4, -0.2) is 4.98 Å². The molecule has 2 heteroatoms. The van der Waals surface area contributed by atoms with E-state index < -0.39 is 0 Å². The van der Waals surface area contributed by atoms with Crippen molar-refractivity contribution in [1.82, 2.24) is 4.98 Å². The van der Waals surface area contributed by atoms with Crippen LogP contribution in [0.4, 0.5) is 0 Å². The standard InChI is InChI=1S/C16H18ClN/c1-11(2)16(13-6-4-12(3)5-7-13)15-9-8-14(17)10-18-15/h4-11,16H,1-3H3. The molecular weight excluding hydrogens is 242 g/mol. The summed E-state index contributed by atoms with van der Waals surface area (Å²) in [6.45, 7) is 6.55. The number of rotatable bonds is 3. The van der Waals surface area contributed by atoms with Crippen molar-refractivity contribution in [3.05, 3.63) is 64.4 Å². The molecule has 0 bridgehead atoms. The van der Waals surface area contributed by atoms with Gasteiger partial charge in [-0.05, 0) is 30.5 Å². The summed E-state index contributed by atoms with van der Waals surface area (Å²) in [5.74, 6) is 0.823. The van der Waals surface area contributed by atoms with E-state index in [-0.39, 0.29) is 0 Å². The lowest BCUT2D eigenvalue weighted by Gasteiger charge is -2.21. The fourth-order valence-electron chi connectivity index (χ4n) is 2.24. The highest BCUT2D eigenvalue weighted by Gasteiger charge is 2.19. The zero-order valence-electron chi connectivity index (χ0n) is 11.0. The Bertz CT molecular complexity index is 454. The monoisotopic (exact) mass is 259 g/mol. The SMILES string of the molecule is Cc1ccc(C(c2ccc(Cl)cn2)C(C)C)cc1. The van der Waals surface area contributed by atoms with E-state index >= 15 is 0 Å². The fraction of sp³-hybridized carbons (Fsp3) is 0.312. The van der Waals surface area contributed by atoms with E-state index in [1.54, 1.807) is 6.20 Å². The number of aryl methyl sites for hydroxylation is 1. The molecule has 0 fully saturated rings. The molecule has 1 aromatic heterocycles. The maximum atomic E-state index is 5.90. The summed E-state index contributed by atoms with van der Waals surface area (Å²) in [4.78, 5) is 4.47. The van der Waals surface area contributed by atoms with Crippen molar-refractivity contribution < 1.29 is 0 Å². The molecule has 0 aliphatic carbocycles. The van der Waals surface area contributed by atoms with Crippen molar-refractivity contribution in [2.45, 2.75) is 26.7 Å². The molecule has 2 rings (SSSR count). The molecule has 94 valence electrons. The molecule has 1 heterocycles. The molecule has 0 aliphatic heterocycles. The van der Waals surface area contributed by atoms with Gasteiger partial charge in [-0.2, -0.15) is 0 Å². The first-order chi connectivity index (χ1) is 8.58. The predicted molar refractivity (Wildman–Crippen MR) is 77.1 cm³/mol. The third-order valence-electron chi connectivity index (χ3n) is 3.17. The maximum absolute atomic E-state index is 5.90. The molecule has 0 N–H and O–H groups in total. The highest BCUT2D eigenvalue weighted by molar-refractivity contribution is 6.30. The summed E-state index contributed by atoms with van der Waals surface area (Å²) in [6.07, 6.45) is 1.72. The second-order valence-corrected chi connectivity index (χ2v) is 5.47. The number of benzene rings is 1. The van der Waals surface area contributed by atoms with Crippen LogP contribution in [0.1, 0.15) is 36.6 Å². The van der Waals surface area contributed by atoms with Crippen LogP contribution in [-0.2, 0) is 0 Å². The van der Waals surface area contributed by atoms with Crippen molar-refractivity contribution in [3.8, 4) is 0 Å². The second kappa shape index (κ2) is 5.53. The summed E-state index contributed by atoms with van der Waals surface area (Å²) < 4.78 is 0. The Morgan fingerprint density at radius 1 is 1.00 bits per heavy atom. The molecule has 1 aromatic carbocycles. The van der Waals surface area contributed by atoms with Gasteiger partial charge in [-0.25, -0.2) is 0 Å². The molecule has 1 atom stereocenters. The van der Waals surface area contributed by atoms with Gasteiger partial charge in [0.1, 0.15) is 0 Å². The van der Waals surface area contributed by atoms with Crippen molar-refractivity contribution in [1.29, 1.82) is 0 Å².